The number of sulfonamides is 1. The molecule has 0 aliphatic carbocycles. The second kappa shape index (κ2) is 10.9. The summed E-state index contributed by atoms with van der Waals surface area (Å²) in [4.78, 5) is 6.73. The Balaban J connectivity index is 0.00000364. The van der Waals surface area contributed by atoms with E-state index in [-0.39, 0.29) is 24.0 Å². The highest BCUT2D eigenvalue weighted by molar-refractivity contribution is 14.0. The van der Waals surface area contributed by atoms with Crippen molar-refractivity contribution in [3.05, 3.63) is 17.5 Å². The quantitative estimate of drug-likeness (QED) is 0.321. The van der Waals surface area contributed by atoms with E-state index in [1.165, 1.54) is 15.6 Å². The third kappa shape index (κ3) is 6.55. The number of likely N-dealkylation sites (N-methyl/N-ethyl adjacent to an activating group) is 1. The van der Waals surface area contributed by atoms with Crippen LogP contribution in [0.3, 0.4) is 0 Å². The van der Waals surface area contributed by atoms with E-state index in [0.717, 1.165) is 19.0 Å². The average Bonchev–Trinajstić information content (AvgIpc) is 3.24. The van der Waals surface area contributed by atoms with Crippen molar-refractivity contribution in [3.8, 4) is 0 Å². The van der Waals surface area contributed by atoms with Crippen LogP contribution in [0.2, 0.25) is 0 Å². The summed E-state index contributed by atoms with van der Waals surface area (Å²) >= 11 is 1.24. The zero-order chi connectivity index (χ0) is 19.3. The van der Waals surface area contributed by atoms with Crippen LogP contribution < -0.4 is 10.6 Å². The number of aliphatic imine (C=N–C) groups is 1. The molecule has 0 saturated carbocycles. The molecule has 27 heavy (non-hydrogen) atoms. The van der Waals surface area contributed by atoms with Crippen molar-refractivity contribution in [2.45, 2.75) is 37.1 Å². The Hall–Kier alpha value is -0.430. The molecule has 1 aromatic rings. The SMILES string of the molecule is CN=C(NCCN(C)S(=O)(=O)c1cccs1)NC1CN(C(C)C)CC1C.I. The average molecular weight is 530 g/mol. The first kappa shape index (κ1) is 24.6. The molecule has 0 amide bonds. The van der Waals surface area contributed by atoms with E-state index in [2.05, 4.69) is 41.3 Å². The number of hydrogen-bond donors (Lipinski definition) is 2. The third-order valence-electron chi connectivity index (χ3n) is 4.80. The molecule has 0 aromatic carbocycles. The fourth-order valence-electron chi connectivity index (χ4n) is 3.00. The second-order valence-corrected chi connectivity index (χ2v) is 10.3. The Morgan fingerprint density at radius 2 is 2.15 bits per heavy atom. The lowest BCUT2D eigenvalue weighted by Crippen LogP contribution is -2.48. The lowest BCUT2D eigenvalue weighted by atomic mass is 10.1. The minimum Gasteiger partial charge on any atom is -0.355 e. The van der Waals surface area contributed by atoms with Crippen LogP contribution in [0.1, 0.15) is 20.8 Å². The third-order valence-corrected chi connectivity index (χ3v) is 8.03. The molecule has 2 rings (SSSR count). The van der Waals surface area contributed by atoms with Gasteiger partial charge in [-0.1, -0.05) is 13.0 Å². The molecular formula is C17H32IN5O2S2. The van der Waals surface area contributed by atoms with E-state index < -0.39 is 10.0 Å². The van der Waals surface area contributed by atoms with Crippen LogP contribution in [-0.4, -0.2) is 75.9 Å². The lowest BCUT2D eigenvalue weighted by molar-refractivity contribution is 0.265. The van der Waals surface area contributed by atoms with Gasteiger partial charge in [0, 0.05) is 52.4 Å². The fraction of sp³-hybridized carbons (Fsp3) is 0.706. The number of nitrogens with zero attached hydrogens (tertiary/aromatic N) is 3. The van der Waals surface area contributed by atoms with Gasteiger partial charge in [0.2, 0.25) is 0 Å². The van der Waals surface area contributed by atoms with Gasteiger partial charge in [-0.05, 0) is 31.2 Å². The highest BCUT2D eigenvalue weighted by atomic mass is 127. The van der Waals surface area contributed by atoms with Gasteiger partial charge in [-0.2, -0.15) is 4.31 Å². The molecule has 1 saturated heterocycles. The molecule has 1 aliphatic rings. The van der Waals surface area contributed by atoms with Crippen molar-refractivity contribution in [1.29, 1.82) is 0 Å². The van der Waals surface area contributed by atoms with E-state index >= 15 is 0 Å². The summed E-state index contributed by atoms with van der Waals surface area (Å²) in [6, 6.07) is 4.26. The summed E-state index contributed by atoms with van der Waals surface area (Å²) in [6.07, 6.45) is 0. The predicted molar refractivity (Wildman–Crippen MR) is 124 cm³/mol. The zero-order valence-electron chi connectivity index (χ0n) is 16.7. The van der Waals surface area contributed by atoms with Gasteiger partial charge in [-0.25, -0.2) is 8.42 Å². The number of likely N-dealkylation sites (tertiary alicyclic amines) is 1. The maximum absolute atomic E-state index is 12.4. The van der Waals surface area contributed by atoms with Gasteiger partial charge in [0.1, 0.15) is 4.21 Å². The number of thiophene rings is 1. The van der Waals surface area contributed by atoms with Gasteiger partial charge in [0.25, 0.3) is 10.0 Å². The first-order valence-electron chi connectivity index (χ1n) is 8.96. The molecule has 0 radical (unpaired) electrons. The normalized spacial score (nSPS) is 21.5. The molecule has 1 aliphatic heterocycles. The zero-order valence-corrected chi connectivity index (χ0v) is 20.6. The number of nitrogens with one attached hydrogen (secondary N) is 2. The fourth-order valence-corrected chi connectivity index (χ4v) is 5.37. The van der Waals surface area contributed by atoms with Gasteiger partial charge < -0.3 is 10.6 Å². The second-order valence-electron chi connectivity index (χ2n) is 7.03. The number of hydrogen-bond acceptors (Lipinski definition) is 5. The summed E-state index contributed by atoms with van der Waals surface area (Å²) in [7, 11) is -0.0624. The first-order valence-corrected chi connectivity index (χ1v) is 11.3. The van der Waals surface area contributed by atoms with Crippen LogP contribution in [0, 0.1) is 5.92 Å². The minimum atomic E-state index is -3.40. The Kier molecular flexibility index (Phi) is 9.97. The summed E-state index contributed by atoms with van der Waals surface area (Å²) in [5.74, 6) is 1.26. The highest BCUT2D eigenvalue weighted by Crippen LogP contribution is 2.20. The number of halogens is 1. The van der Waals surface area contributed by atoms with E-state index in [4.69, 9.17) is 0 Å². The molecule has 1 aromatic heterocycles. The predicted octanol–water partition coefficient (Wildman–Crippen LogP) is 1.88. The standard InChI is InChI=1S/C17H31N5O2S2.HI/c1-13(2)22-11-14(3)15(12-22)20-17(18-4)19-8-9-21(5)26(23,24)16-7-6-10-25-16;/h6-7,10,13-15H,8-9,11-12H2,1-5H3,(H2,18,19,20);1H. The minimum absolute atomic E-state index is 0. The van der Waals surface area contributed by atoms with Crippen LogP contribution in [0.15, 0.2) is 26.7 Å². The molecule has 0 spiro atoms. The molecule has 0 bridgehead atoms. The largest absolute Gasteiger partial charge is 0.355 e. The van der Waals surface area contributed by atoms with Crippen molar-refractivity contribution in [2.75, 3.05) is 40.3 Å². The van der Waals surface area contributed by atoms with Gasteiger partial charge in [0.05, 0.1) is 0 Å². The molecule has 156 valence electrons. The molecular weight excluding hydrogens is 497 g/mol. The molecule has 10 heteroatoms. The molecule has 2 heterocycles. The van der Waals surface area contributed by atoms with Crippen LogP contribution in [-0.2, 0) is 10.0 Å². The van der Waals surface area contributed by atoms with Gasteiger partial charge >= 0.3 is 0 Å². The van der Waals surface area contributed by atoms with Gasteiger partial charge in [-0.3, -0.25) is 9.89 Å². The monoisotopic (exact) mass is 529 g/mol. The van der Waals surface area contributed by atoms with Crippen LogP contribution in [0.5, 0.6) is 0 Å². The van der Waals surface area contributed by atoms with Crippen molar-refractivity contribution in [1.82, 2.24) is 19.8 Å². The Morgan fingerprint density at radius 1 is 1.44 bits per heavy atom. The Bertz CT molecular complexity index is 694. The summed E-state index contributed by atoms with van der Waals surface area (Å²) < 4.78 is 26.6. The van der Waals surface area contributed by atoms with Crippen molar-refractivity contribution in [2.24, 2.45) is 10.9 Å². The van der Waals surface area contributed by atoms with Crippen LogP contribution in [0.4, 0.5) is 0 Å². The number of guanidine groups is 1. The van der Waals surface area contributed by atoms with Crippen molar-refractivity contribution >= 4 is 51.3 Å². The number of rotatable bonds is 7. The van der Waals surface area contributed by atoms with Crippen LogP contribution in [0.25, 0.3) is 0 Å². The van der Waals surface area contributed by atoms with Crippen LogP contribution >= 0.6 is 35.3 Å². The van der Waals surface area contributed by atoms with Crippen molar-refractivity contribution in [3.63, 3.8) is 0 Å². The maximum atomic E-state index is 12.4. The van der Waals surface area contributed by atoms with E-state index in [1.807, 2.05) is 0 Å². The Morgan fingerprint density at radius 3 is 2.67 bits per heavy atom. The molecule has 2 N–H and O–H groups in total. The summed E-state index contributed by atoms with van der Waals surface area (Å²) in [5, 5.41) is 8.47. The van der Waals surface area contributed by atoms with Gasteiger partial charge in [0.15, 0.2) is 5.96 Å². The molecule has 2 unspecified atom stereocenters. The molecule has 1 fully saturated rings. The van der Waals surface area contributed by atoms with E-state index in [0.29, 0.717) is 35.3 Å². The van der Waals surface area contributed by atoms with E-state index in [1.54, 1.807) is 31.6 Å². The molecule has 7 nitrogen and oxygen atoms in total. The van der Waals surface area contributed by atoms with E-state index in [9.17, 15) is 8.42 Å². The lowest BCUT2D eigenvalue weighted by Gasteiger charge is -2.22. The summed E-state index contributed by atoms with van der Waals surface area (Å²) in [5.41, 5.74) is 0. The maximum Gasteiger partial charge on any atom is 0.252 e. The first-order chi connectivity index (χ1) is 12.3. The van der Waals surface area contributed by atoms with Gasteiger partial charge in [-0.15, -0.1) is 35.3 Å². The summed E-state index contributed by atoms with van der Waals surface area (Å²) in [6.45, 7) is 9.61. The van der Waals surface area contributed by atoms with Crippen molar-refractivity contribution < 1.29 is 8.42 Å². The highest BCUT2D eigenvalue weighted by Gasteiger charge is 2.31. The topological polar surface area (TPSA) is 77.0 Å². The molecule has 2 atom stereocenters. The Labute approximate surface area is 184 Å². The smallest absolute Gasteiger partial charge is 0.252 e.